The van der Waals surface area contributed by atoms with E-state index in [2.05, 4.69) is 10.3 Å². The Morgan fingerprint density at radius 3 is 2.40 bits per heavy atom. The number of hydrogen-bond acceptors (Lipinski definition) is 4. The van der Waals surface area contributed by atoms with Crippen LogP contribution in [-0.2, 0) is 16.1 Å². The molecule has 1 aliphatic heterocycles. The van der Waals surface area contributed by atoms with Crippen LogP contribution in [0.15, 0.2) is 43.0 Å². The summed E-state index contributed by atoms with van der Waals surface area (Å²) in [6, 6.07) is 6.98. The lowest BCUT2D eigenvalue weighted by Gasteiger charge is -2.37. The van der Waals surface area contributed by atoms with Crippen molar-refractivity contribution in [2.75, 3.05) is 31.5 Å². The minimum Gasteiger partial charge on any atom is -0.339 e. The average molecular weight is 412 g/mol. The largest absolute Gasteiger partial charge is 0.339 e. The van der Waals surface area contributed by atoms with Crippen molar-refractivity contribution in [2.45, 2.75) is 33.7 Å². The van der Waals surface area contributed by atoms with E-state index < -0.39 is 5.41 Å². The maximum atomic E-state index is 12.9. The van der Waals surface area contributed by atoms with Gasteiger partial charge in [0.15, 0.2) is 0 Å². The predicted octanol–water partition coefficient (Wildman–Crippen LogP) is 2.24. The summed E-state index contributed by atoms with van der Waals surface area (Å²) in [4.78, 5) is 45.0. The van der Waals surface area contributed by atoms with Gasteiger partial charge in [-0.2, -0.15) is 0 Å². The molecule has 1 aliphatic rings. The number of piperazine rings is 1. The van der Waals surface area contributed by atoms with Crippen LogP contribution in [-0.4, -0.2) is 63.3 Å². The zero-order valence-electron chi connectivity index (χ0n) is 17.8. The van der Waals surface area contributed by atoms with Gasteiger partial charge in [-0.25, -0.2) is 4.98 Å². The number of aromatic nitrogens is 2. The van der Waals surface area contributed by atoms with Crippen LogP contribution < -0.4 is 5.32 Å². The minimum absolute atomic E-state index is 0.0904. The highest BCUT2D eigenvalue weighted by Crippen LogP contribution is 2.20. The monoisotopic (exact) mass is 411 g/mol. The van der Waals surface area contributed by atoms with Crippen molar-refractivity contribution in [1.29, 1.82) is 0 Å². The molecule has 8 nitrogen and oxygen atoms in total. The normalized spacial score (nSPS) is 14.5. The van der Waals surface area contributed by atoms with E-state index in [0.29, 0.717) is 50.4 Å². The Hall–Kier alpha value is -3.16. The molecule has 30 heavy (non-hydrogen) atoms. The first-order valence-electron chi connectivity index (χ1n) is 10.2. The molecule has 3 rings (SSSR count). The molecule has 0 radical (unpaired) electrons. The van der Waals surface area contributed by atoms with E-state index in [9.17, 15) is 14.4 Å². The van der Waals surface area contributed by atoms with Crippen LogP contribution >= 0.6 is 0 Å². The Labute approximate surface area is 176 Å². The second-order valence-corrected chi connectivity index (χ2v) is 8.51. The Morgan fingerprint density at radius 1 is 1.07 bits per heavy atom. The lowest BCUT2D eigenvalue weighted by molar-refractivity contribution is -0.140. The molecule has 8 heteroatoms. The maximum Gasteiger partial charge on any atom is 0.254 e. The van der Waals surface area contributed by atoms with Gasteiger partial charge in [-0.3, -0.25) is 14.4 Å². The van der Waals surface area contributed by atoms with Gasteiger partial charge in [-0.15, -0.1) is 0 Å². The van der Waals surface area contributed by atoms with Crippen LogP contribution in [0.5, 0.6) is 0 Å². The first kappa shape index (κ1) is 21.5. The summed E-state index contributed by atoms with van der Waals surface area (Å²) in [6.45, 7) is 8.33. The fourth-order valence-electron chi connectivity index (χ4n) is 3.37. The number of aryl methyl sites for hydroxylation is 1. The van der Waals surface area contributed by atoms with Gasteiger partial charge in [0.05, 0.1) is 6.33 Å². The van der Waals surface area contributed by atoms with Crippen LogP contribution in [0.3, 0.4) is 0 Å². The summed E-state index contributed by atoms with van der Waals surface area (Å²) in [7, 11) is 0. The summed E-state index contributed by atoms with van der Waals surface area (Å²) < 4.78 is 1.84. The predicted molar refractivity (Wildman–Crippen MR) is 114 cm³/mol. The van der Waals surface area contributed by atoms with E-state index in [1.54, 1.807) is 47.9 Å². The maximum absolute atomic E-state index is 12.9. The first-order valence-corrected chi connectivity index (χ1v) is 10.2. The van der Waals surface area contributed by atoms with Gasteiger partial charge < -0.3 is 19.7 Å². The molecule has 160 valence electrons. The van der Waals surface area contributed by atoms with E-state index in [1.165, 1.54) is 0 Å². The zero-order chi connectivity index (χ0) is 21.7. The van der Waals surface area contributed by atoms with Gasteiger partial charge in [-0.05, 0) is 18.2 Å². The third-order valence-corrected chi connectivity index (χ3v) is 5.05. The molecule has 1 aromatic heterocycles. The average Bonchev–Trinajstić information content (AvgIpc) is 3.24. The van der Waals surface area contributed by atoms with E-state index in [4.69, 9.17) is 0 Å². The van der Waals surface area contributed by atoms with E-state index in [-0.39, 0.29) is 17.7 Å². The van der Waals surface area contributed by atoms with Gasteiger partial charge >= 0.3 is 0 Å². The highest BCUT2D eigenvalue weighted by atomic mass is 16.2. The Morgan fingerprint density at radius 2 is 1.77 bits per heavy atom. The van der Waals surface area contributed by atoms with Crippen molar-refractivity contribution in [2.24, 2.45) is 5.41 Å². The topological polar surface area (TPSA) is 87.5 Å². The van der Waals surface area contributed by atoms with Gasteiger partial charge in [0.1, 0.15) is 0 Å². The van der Waals surface area contributed by atoms with Crippen LogP contribution in [0.4, 0.5) is 5.69 Å². The number of carbonyl (C=O) groups excluding carboxylic acids is 3. The van der Waals surface area contributed by atoms with Crippen LogP contribution in [0.25, 0.3) is 0 Å². The fourth-order valence-corrected chi connectivity index (χ4v) is 3.37. The van der Waals surface area contributed by atoms with E-state index >= 15 is 0 Å². The number of nitrogens with zero attached hydrogens (tertiary/aromatic N) is 4. The van der Waals surface area contributed by atoms with Crippen LogP contribution in [0.1, 0.15) is 37.6 Å². The number of rotatable bonds is 5. The molecule has 3 amide bonds. The third kappa shape index (κ3) is 5.46. The Bertz CT molecular complexity index is 894. The number of imidazole rings is 1. The minimum atomic E-state index is -0.420. The second-order valence-electron chi connectivity index (χ2n) is 8.51. The Kier molecular flexibility index (Phi) is 6.54. The van der Waals surface area contributed by atoms with Crippen LogP contribution in [0, 0.1) is 5.41 Å². The lowest BCUT2D eigenvalue weighted by Crippen LogP contribution is -2.53. The number of hydrogen-bond donors (Lipinski definition) is 1. The molecule has 0 unspecified atom stereocenters. The molecule has 0 atom stereocenters. The molecule has 0 spiro atoms. The summed E-state index contributed by atoms with van der Waals surface area (Å²) in [5.41, 5.74) is 0.701. The van der Waals surface area contributed by atoms with Crippen molar-refractivity contribution in [1.82, 2.24) is 19.4 Å². The number of benzene rings is 1. The smallest absolute Gasteiger partial charge is 0.254 e. The number of amides is 3. The molecule has 2 aromatic rings. The standard InChI is InChI=1S/C22H29N5O3/c1-22(2,3)21(30)27-13-11-26(12-14-27)20(29)17-5-4-6-18(15-17)24-19(28)7-9-25-10-8-23-16-25/h4-6,8,10,15-16H,7,9,11-14H2,1-3H3,(H,24,28). The van der Waals surface area contributed by atoms with Crippen molar-refractivity contribution in [3.05, 3.63) is 48.5 Å². The first-order chi connectivity index (χ1) is 14.2. The van der Waals surface area contributed by atoms with E-state index in [1.807, 2.05) is 30.2 Å². The van der Waals surface area contributed by atoms with Gasteiger partial charge in [0.25, 0.3) is 5.91 Å². The zero-order valence-corrected chi connectivity index (χ0v) is 17.8. The summed E-state index contributed by atoms with van der Waals surface area (Å²) in [6.07, 6.45) is 5.47. The summed E-state index contributed by atoms with van der Waals surface area (Å²) in [5.74, 6) is -0.107. The van der Waals surface area contributed by atoms with Gasteiger partial charge in [0.2, 0.25) is 11.8 Å². The van der Waals surface area contributed by atoms with E-state index in [0.717, 1.165) is 0 Å². The summed E-state index contributed by atoms with van der Waals surface area (Å²) >= 11 is 0. The molecule has 1 N–H and O–H groups in total. The lowest BCUT2D eigenvalue weighted by atomic mass is 9.94. The number of anilines is 1. The molecule has 1 fully saturated rings. The SMILES string of the molecule is CC(C)(C)C(=O)N1CCN(C(=O)c2cccc(NC(=O)CCn3ccnc3)c2)CC1. The highest BCUT2D eigenvalue weighted by molar-refractivity contribution is 5.97. The molecular weight excluding hydrogens is 382 g/mol. The molecule has 0 aliphatic carbocycles. The Balaban J connectivity index is 1.54. The van der Waals surface area contributed by atoms with Crippen molar-refractivity contribution in [3.8, 4) is 0 Å². The van der Waals surface area contributed by atoms with Gasteiger partial charge in [-0.1, -0.05) is 26.8 Å². The van der Waals surface area contributed by atoms with Crippen molar-refractivity contribution in [3.63, 3.8) is 0 Å². The van der Waals surface area contributed by atoms with Gasteiger partial charge in [0, 0.05) is 68.2 Å². The highest BCUT2D eigenvalue weighted by Gasteiger charge is 2.31. The number of carbonyl (C=O) groups is 3. The number of nitrogens with one attached hydrogen (secondary N) is 1. The third-order valence-electron chi connectivity index (χ3n) is 5.05. The molecule has 0 bridgehead atoms. The molecule has 1 saturated heterocycles. The molecule has 0 saturated carbocycles. The summed E-state index contributed by atoms with van der Waals surface area (Å²) in [5, 5.41) is 2.84. The van der Waals surface area contributed by atoms with Crippen molar-refractivity contribution >= 4 is 23.4 Å². The molecule has 2 heterocycles. The fraction of sp³-hybridized carbons (Fsp3) is 0.455. The second kappa shape index (κ2) is 9.11. The molecule has 1 aromatic carbocycles. The van der Waals surface area contributed by atoms with Crippen molar-refractivity contribution < 1.29 is 14.4 Å². The van der Waals surface area contributed by atoms with Crippen LogP contribution in [0.2, 0.25) is 0 Å². The molecular formula is C22H29N5O3. The quantitative estimate of drug-likeness (QED) is 0.817.